The third kappa shape index (κ3) is 7.62. The molecule has 0 heterocycles. The van der Waals surface area contributed by atoms with Crippen LogP contribution in [0.3, 0.4) is 0 Å². The van der Waals surface area contributed by atoms with Gasteiger partial charge in [0.1, 0.15) is 12.1 Å². The van der Waals surface area contributed by atoms with E-state index in [4.69, 9.17) is 24.1 Å². The topological polar surface area (TPSA) is 149 Å². The Morgan fingerprint density at radius 1 is 0.861 bits per heavy atom. The molecule has 0 aliphatic rings. The predicted molar refractivity (Wildman–Crippen MR) is 128 cm³/mol. The molecule has 0 radical (unpaired) electrons. The van der Waals surface area contributed by atoms with Gasteiger partial charge < -0.3 is 34.7 Å². The number of rotatable bonds is 13. The minimum absolute atomic E-state index is 0.0893. The Labute approximate surface area is 208 Å². The summed E-state index contributed by atoms with van der Waals surface area (Å²) in [6, 6.07) is 9.47. The molecule has 0 spiro atoms. The summed E-state index contributed by atoms with van der Waals surface area (Å²) < 4.78 is 20.6. The number of aliphatic carboxylic acids is 1. The van der Waals surface area contributed by atoms with Crippen molar-refractivity contribution >= 4 is 23.8 Å². The van der Waals surface area contributed by atoms with Gasteiger partial charge in [0.15, 0.2) is 11.5 Å². The van der Waals surface area contributed by atoms with Crippen LogP contribution >= 0.6 is 0 Å². The molecule has 0 bridgehead atoms. The van der Waals surface area contributed by atoms with E-state index in [9.17, 15) is 19.2 Å². The normalized spacial score (nSPS) is 12.0. The van der Waals surface area contributed by atoms with Crippen LogP contribution in [0.4, 0.5) is 0 Å². The van der Waals surface area contributed by atoms with Crippen molar-refractivity contribution in [1.29, 1.82) is 0 Å². The van der Waals surface area contributed by atoms with E-state index in [0.717, 1.165) is 5.56 Å². The molecule has 2 aromatic carbocycles. The number of hydrogen-bond acceptors (Lipinski definition) is 8. The molecule has 0 aliphatic heterocycles. The van der Waals surface area contributed by atoms with Crippen LogP contribution in [0.1, 0.15) is 28.8 Å². The van der Waals surface area contributed by atoms with Crippen molar-refractivity contribution in [1.82, 2.24) is 10.6 Å². The smallest absolute Gasteiger partial charge is 0.328 e. The number of carbonyl (C=O) groups excluding carboxylic acids is 3. The molecule has 0 saturated carbocycles. The molecule has 2 rings (SSSR count). The molecular formula is C25H30N2O9. The van der Waals surface area contributed by atoms with Crippen LogP contribution in [-0.2, 0) is 25.5 Å². The molecule has 2 aromatic rings. The van der Waals surface area contributed by atoms with Crippen LogP contribution in [0.2, 0.25) is 0 Å². The summed E-state index contributed by atoms with van der Waals surface area (Å²) >= 11 is 0. The maximum absolute atomic E-state index is 13.1. The van der Waals surface area contributed by atoms with Gasteiger partial charge in [-0.1, -0.05) is 30.3 Å². The zero-order valence-corrected chi connectivity index (χ0v) is 20.5. The van der Waals surface area contributed by atoms with Gasteiger partial charge in [-0.05, 0) is 24.1 Å². The second-order valence-corrected chi connectivity index (χ2v) is 7.65. The monoisotopic (exact) mass is 502 g/mol. The Kier molecular flexibility index (Phi) is 10.5. The van der Waals surface area contributed by atoms with Gasteiger partial charge in [-0.15, -0.1) is 0 Å². The Morgan fingerprint density at radius 2 is 1.47 bits per heavy atom. The second kappa shape index (κ2) is 13.6. The number of ether oxygens (including phenoxy) is 4. The summed E-state index contributed by atoms with van der Waals surface area (Å²) in [5.74, 6) is -2.52. The molecule has 11 heteroatoms. The molecule has 0 aromatic heterocycles. The molecule has 2 amide bonds. The van der Waals surface area contributed by atoms with Gasteiger partial charge in [0.25, 0.3) is 5.91 Å². The first-order valence-electron chi connectivity index (χ1n) is 11.0. The van der Waals surface area contributed by atoms with Crippen LogP contribution in [0, 0.1) is 0 Å². The summed E-state index contributed by atoms with van der Waals surface area (Å²) in [5, 5.41) is 14.2. The first-order valence-corrected chi connectivity index (χ1v) is 11.0. The number of nitrogens with one attached hydrogen (secondary N) is 2. The van der Waals surface area contributed by atoms with Crippen LogP contribution < -0.4 is 24.8 Å². The van der Waals surface area contributed by atoms with E-state index in [-0.39, 0.29) is 35.7 Å². The lowest BCUT2D eigenvalue weighted by molar-refractivity contribution is -0.145. The number of methoxy groups -OCH3 is 4. The number of hydrogen-bond donors (Lipinski definition) is 3. The number of carbonyl (C=O) groups is 4. The van der Waals surface area contributed by atoms with Gasteiger partial charge >= 0.3 is 11.9 Å². The van der Waals surface area contributed by atoms with E-state index in [1.165, 1.54) is 40.6 Å². The highest BCUT2D eigenvalue weighted by molar-refractivity contribution is 5.99. The lowest BCUT2D eigenvalue weighted by Gasteiger charge is -2.22. The number of carboxylic acids is 1. The van der Waals surface area contributed by atoms with Gasteiger partial charge in [0.05, 0.1) is 28.4 Å². The standard InChI is InChI=1S/C25H30N2O9/c1-33-19-13-16(14-20(34-2)22(19)35-3)23(30)26-17(10-11-21(28)29)24(31)27-18(25(32)36-4)12-15-8-6-5-7-9-15/h5-9,13-14,17-18H,10-12H2,1-4H3,(H,26,30)(H,27,31)(H,28,29)/t17-,18+/m0/s1. The van der Waals surface area contributed by atoms with E-state index in [2.05, 4.69) is 10.6 Å². The fourth-order valence-corrected chi connectivity index (χ4v) is 3.45. The molecule has 194 valence electrons. The number of carboxylic acid groups (broad SMARTS) is 1. The zero-order valence-electron chi connectivity index (χ0n) is 20.5. The number of amides is 2. The average molecular weight is 503 g/mol. The van der Waals surface area contributed by atoms with Crippen molar-refractivity contribution in [2.75, 3.05) is 28.4 Å². The minimum atomic E-state index is -1.25. The lowest BCUT2D eigenvalue weighted by Crippen LogP contribution is -2.52. The van der Waals surface area contributed by atoms with Crippen molar-refractivity contribution in [2.45, 2.75) is 31.3 Å². The summed E-state index contributed by atoms with van der Waals surface area (Å²) in [4.78, 5) is 49.6. The highest BCUT2D eigenvalue weighted by atomic mass is 16.5. The highest BCUT2D eigenvalue weighted by Gasteiger charge is 2.29. The molecule has 2 atom stereocenters. The van der Waals surface area contributed by atoms with E-state index >= 15 is 0 Å². The first-order chi connectivity index (χ1) is 17.2. The molecule has 0 saturated heterocycles. The Bertz CT molecular complexity index is 1050. The number of esters is 1. The lowest BCUT2D eigenvalue weighted by atomic mass is 10.0. The van der Waals surface area contributed by atoms with Gasteiger partial charge in [-0.3, -0.25) is 14.4 Å². The van der Waals surface area contributed by atoms with E-state index in [1.807, 2.05) is 6.07 Å². The maximum atomic E-state index is 13.1. The quantitative estimate of drug-likeness (QED) is 0.347. The number of benzene rings is 2. The van der Waals surface area contributed by atoms with Crippen molar-refractivity contribution in [3.63, 3.8) is 0 Å². The van der Waals surface area contributed by atoms with E-state index < -0.39 is 42.3 Å². The molecule has 3 N–H and O–H groups in total. The van der Waals surface area contributed by atoms with Gasteiger partial charge in [0.2, 0.25) is 11.7 Å². The Hall–Kier alpha value is -4.28. The van der Waals surface area contributed by atoms with E-state index in [1.54, 1.807) is 24.3 Å². The largest absolute Gasteiger partial charge is 0.493 e. The third-order valence-electron chi connectivity index (χ3n) is 5.28. The maximum Gasteiger partial charge on any atom is 0.328 e. The highest BCUT2D eigenvalue weighted by Crippen LogP contribution is 2.38. The Balaban J connectivity index is 2.28. The van der Waals surface area contributed by atoms with Crippen LogP contribution in [-0.4, -0.2) is 69.4 Å². The second-order valence-electron chi connectivity index (χ2n) is 7.65. The minimum Gasteiger partial charge on any atom is -0.493 e. The first kappa shape index (κ1) is 28.0. The summed E-state index contributed by atoms with van der Waals surface area (Å²) in [7, 11) is 5.39. The van der Waals surface area contributed by atoms with Gasteiger partial charge in [-0.25, -0.2) is 4.79 Å². The molecular weight excluding hydrogens is 472 g/mol. The van der Waals surface area contributed by atoms with Crippen LogP contribution in [0.25, 0.3) is 0 Å². The van der Waals surface area contributed by atoms with Crippen LogP contribution in [0.5, 0.6) is 17.2 Å². The molecule has 11 nitrogen and oxygen atoms in total. The van der Waals surface area contributed by atoms with Gasteiger partial charge in [0, 0.05) is 18.4 Å². The Morgan fingerprint density at radius 3 is 1.97 bits per heavy atom. The van der Waals surface area contributed by atoms with Gasteiger partial charge in [-0.2, -0.15) is 0 Å². The van der Waals surface area contributed by atoms with E-state index in [0.29, 0.717) is 0 Å². The summed E-state index contributed by atoms with van der Waals surface area (Å²) in [5.41, 5.74) is 0.864. The predicted octanol–water partition coefficient (Wildman–Crippen LogP) is 1.58. The SMILES string of the molecule is COC(=O)[C@@H](Cc1ccccc1)NC(=O)[C@H](CCC(=O)O)NC(=O)c1cc(OC)c(OC)c(OC)c1. The fourth-order valence-electron chi connectivity index (χ4n) is 3.45. The van der Waals surface area contributed by atoms with Crippen molar-refractivity contribution < 1.29 is 43.2 Å². The third-order valence-corrected chi connectivity index (χ3v) is 5.28. The molecule has 0 aliphatic carbocycles. The molecule has 36 heavy (non-hydrogen) atoms. The molecule has 0 unspecified atom stereocenters. The zero-order chi connectivity index (χ0) is 26.7. The fraction of sp³-hybridized carbons (Fsp3) is 0.360. The molecule has 0 fully saturated rings. The average Bonchev–Trinajstić information content (AvgIpc) is 2.89. The summed E-state index contributed by atoms with van der Waals surface area (Å²) in [6.07, 6.45) is -0.461. The van der Waals surface area contributed by atoms with Crippen molar-refractivity contribution in [3.8, 4) is 17.2 Å². The van der Waals surface area contributed by atoms with Crippen molar-refractivity contribution in [2.24, 2.45) is 0 Å². The van der Waals surface area contributed by atoms with Crippen molar-refractivity contribution in [3.05, 3.63) is 53.6 Å². The van der Waals surface area contributed by atoms with Crippen LogP contribution in [0.15, 0.2) is 42.5 Å². The summed E-state index contributed by atoms with van der Waals surface area (Å²) in [6.45, 7) is 0.